The van der Waals surface area contributed by atoms with Gasteiger partial charge in [-0.1, -0.05) is 11.6 Å². The van der Waals surface area contributed by atoms with E-state index in [1.165, 1.54) is 23.8 Å². The maximum Gasteiger partial charge on any atom is 0.411 e. The molecule has 31 heavy (non-hydrogen) atoms. The zero-order chi connectivity index (χ0) is 22.8. The second kappa shape index (κ2) is 8.74. The molecular weight excluding hydrogens is 428 g/mol. The molecule has 1 heterocycles. The van der Waals surface area contributed by atoms with E-state index in [1.54, 1.807) is 24.5 Å². The number of hydroxylamine groups is 1. The van der Waals surface area contributed by atoms with Crippen LogP contribution in [0.25, 0.3) is 11.3 Å². The Morgan fingerprint density at radius 2 is 2.06 bits per heavy atom. The number of carbonyl (C=O) groups excluding carboxylic acids is 2. The van der Waals surface area contributed by atoms with Crippen LogP contribution in [0.15, 0.2) is 29.1 Å². The largest absolute Gasteiger partial charge is 0.453 e. The van der Waals surface area contributed by atoms with Crippen molar-refractivity contribution in [3.05, 3.63) is 45.5 Å². The highest BCUT2D eigenvalue weighted by molar-refractivity contribution is 6.31. The molecule has 0 aliphatic heterocycles. The highest BCUT2D eigenvalue weighted by atomic mass is 35.5. The van der Waals surface area contributed by atoms with E-state index in [-0.39, 0.29) is 23.9 Å². The van der Waals surface area contributed by atoms with E-state index in [1.807, 2.05) is 0 Å². The lowest BCUT2D eigenvalue weighted by molar-refractivity contribution is -0.122. The molecule has 0 saturated heterocycles. The number of benzene rings is 1. The fourth-order valence-electron chi connectivity index (χ4n) is 3.08. The Morgan fingerprint density at radius 3 is 2.65 bits per heavy atom. The number of aryl methyl sites for hydroxylation is 1. The summed E-state index contributed by atoms with van der Waals surface area (Å²) in [6, 6.07) is 5.95. The molecule has 0 radical (unpaired) electrons. The molecule has 1 aromatic heterocycles. The predicted octanol–water partition coefficient (Wildman–Crippen LogP) is 1.66. The fourth-order valence-corrected chi connectivity index (χ4v) is 3.25. The van der Waals surface area contributed by atoms with Crippen LogP contribution in [0.3, 0.4) is 0 Å². The quantitative estimate of drug-likeness (QED) is 0.255. The standard InChI is InChI=1S/C19H21ClN6O5/c1-10-22-14(12-4-3-11(20)7-13(12)23-18(29)31-2)8-16(28)26(10)9-15(27)24-19(5-6-19)17(21)25-30/h3-4,7-8,30H,5-6,9H2,1-2H3,(H2,21,25)(H,23,29)(H,24,27). The molecule has 3 rings (SSSR count). The van der Waals surface area contributed by atoms with Crippen LogP contribution >= 0.6 is 11.6 Å². The van der Waals surface area contributed by atoms with Crippen LogP contribution in [0.2, 0.25) is 5.02 Å². The summed E-state index contributed by atoms with van der Waals surface area (Å²) in [5.74, 6) is -0.416. The molecule has 0 atom stereocenters. The van der Waals surface area contributed by atoms with Crippen molar-refractivity contribution in [2.24, 2.45) is 0 Å². The van der Waals surface area contributed by atoms with Gasteiger partial charge in [-0.2, -0.15) is 0 Å². The summed E-state index contributed by atoms with van der Waals surface area (Å²) < 4.78 is 5.79. The first-order valence-corrected chi connectivity index (χ1v) is 9.60. The Balaban J connectivity index is 1.86. The Hall–Kier alpha value is -3.44. The zero-order valence-electron chi connectivity index (χ0n) is 16.8. The number of ether oxygens (including phenoxy) is 1. The number of nitrogens with zero attached hydrogens (tertiary/aromatic N) is 2. The van der Waals surface area contributed by atoms with Gasteiger partial charge in [0.05, 0.1) is 24.0 Å². The number of amides is 2. The third-order valence-corrected chi connectivity index (χ3v) is 5.13. The summed E-state index contributed by atoms with van der Waals surface area (Å²) in [4.78, 5) is 41.1. The number of hydrogen-bond donors (Lipinski definition) is 5. The Labute approximate surface area is 181 Å². The normalized spacial score (nSPS) is 13.8. The molecule has 0 spiro atoms. The average Bonchev–Trinajstić information content (AvgIpc) is 3.50. The molecule has 1 aromatic carbocycles. The Kier molecular flexibility index (Phi) is 6.27. The zero-order valence-corrected chi connectivity index (χ0v) is 17.5. The topological polar surface area (TPSA) is 158 Å². The van der Waals surface area contributed by atoms with Gasteiger partial charge in [-0.25, -0.2) is 9.78 Å². The van der Waals surface area contributed by atoms with Crippen LogP contribution in [0.5, 0.6) is 0 Å². The van der Waals surface area contributed by atoms with Crippen LogP contribution < -0.4 is 21.7 Å². The van der Waals surface area contributed by atoms with Gasteiger partial charge in [0.15, 0.2) is 0 Å². The fraction of sp³-hybridized carbons (Fsp3) is 0.316. The smallest absolute Gasteiger partial charge is 0.411 e. The van der Waals surface area contributed by atoms with Crippen molar-refractivity contribution in [2.45, 2.75) is 31.8 Å². The van der Waals surface area contributed by atoms with E-state index < -0.39 is 23.1 Å². The van der Waals surface area contributed by atoms with Gasteiger partial charge >= 0.3 is 6.09 Å². The van der Waals surface area contributed by atoms with Crippen molar-refractivity contribution < 1.29 is 19.5 Å². The molecule has 0 bridgehead atoms. The van der Waals surface area contributed by atoms with Gasteiger partial charge in [-0.15, -0.1) is 0 Å². The van der Waals surface area contributed by atoms with Crippen molar-refractivity contribution in [1.29, 1.82) is 5.41 Å². The summed E-state index contributed by atoms with van der Waals surface area (Å²) in [7, 11) is 1.22. The number of methoxy groups -OCH3 is 1. The van der Waals surface area contributed by atoms with E-state index in [2.05, 4.69) is 20.4 Å². The maximum atomic E-state index is 12.7. The highest BCUT2D eigenvalue weighted by Crippen LogP contribution is 2.35. The van der Waals surface area contributed by atoms with Gasteiger partial charge in [-0.05, 0) is 38.0 Å². The molecule has 2 amide bonds. The minimum atomic E-state index is -0.922. The molecule has 5 N–H and O–H groups in total. The van der Waals surface area contributed by atoms with Crippen molar-refractivity contribution in [1.82, 2.24) is 20.3 Å². The lowest BCUT2D eigenvalue weighted by atomic mass is 10.1. The Bertz CT molecular complexity index is 1110. The summed E-state index contributed by atoms with van der Waals surface area (Å²) in [5, 5.41) is 22.2. The van der Waals surface area contributed by atoms with Gasteiger partial charge in [0.2, 0.25) is 5.91 Å². The summed E-state index contributed by atoms with van der Waals surface area (Å²) in [5.41, 5.74) is 1.40. The van der Waals surface area contributed by atoms with Gasteiger partial charge in [-0.3, -0.25) is 35.6 Å². The number of aromatic nitrogens is 2. The first-order valence-electron chi connectivity index (χ1n) is 9.22. The molecule has 1 aliphatic rings. The molecule has 11 nitrogen and oxygen atoms in total. The number of rotatable bonds is 6. The lowest BCUT2D eigenvalue weighted by Gasteiger charge is -2.18. The first kappa shape index (κ1) is 22.2. The number of amidine groups is 1. The van der Waals surface area contributed by atoms with E-state index in [9.17, 15) is 14.4 Å². The van der Waals surface area contributed by atoms with Crippen molar-refractivity contribution in [2.75, 3.05) is 12.4 Å². The van der Waals surface area contributed by atoms with Crippen LogP contribution in [0.4, 0.5) is 10.5 Å². The van der Waals surface area contributed by atoms with Crippen LogP contribution in [-0.4, -0.2) is 45.2 Å². The van der Waals surface area contributed by atoms with Gasteiger partial charge in [0.1, 0.15) is 18.2 Å². The first-order chi connectivity index (χ1) is 14.7. The molecule has 164 valence electrons. The van der Waals surface area contributed by atoms with Crippen molar-refractivity contribution >= 4 is 35.1 Å². The number of carbonyl (C=O) groups is 2. The summed E-state index contributed by atoms with van der Waals surface area (Å²) in [6.07, 6.45) is 0.327. The van der Waals surface area contributed by atoms with E-state index in [4.69, 9.17) is 22.2 Å². The second-order valence-corrected chi connectivity index (χ2v) is 7.47. The predicted molar refractivity (Wildman–Crippen MR) is 112 cm³/mol. The number of nitrogens with one attached hydrogen (secondary N) is 4. The third kappa shape index (κ3) is 4.84. The van der Waals surface area contributed by atoms with Gasteiger partial charge in [0, 0.05) is 16.7 Å². The van der Waals surface area contributed by atoms with Gasteiger partial charge in [0.25, 0.3) is 5.56 Å². The number of hydrogen-bond acceptors (Lipinski definition) is 7. The lowest BCUT2D eigenvalue weighted by Crippen LogP contribution is -2.49. The molecule has 1 fully saturated rings. The van der Waals surface area contributed by atoms with E-state index in [0.29, 0.717) is 29.1 Å². The van der Waals surface area contributed by atoms with E-state index in [0.717, 1.165) is 0 Å². The van der Waals surface area contributed by atoms with E-state index >= 15 is 0 Å². The molecule has 1 saturated carbocycles. The maximum absolute atomic E-state index is 12.7. The molecule has 1 aliphatic carbocycles. The summed E-state index contributed by atoms with van der Waals surface area (Å²) in [6.45, 7) is 1.28. The third-order valence-electron chi connectivity index (χ3n) is 4.90. The van der Waals surface area contributed by atoms with Crippen LogP contribution in [-0.2, 0) is 16.1 Å². The highest BCUT2D eigenvalue weighted by Gasteiger charge is 2.48. The minimum Gasteiger partial charge on any atom is -0.453 e. The summed E-state index contributed by atoms with van der Waals surface area (Å²) >= 11 is 6.01. The number of halogens is 1. The monoisotopic (exact) mass is 448 g/mol. The Morgan fingerprint density at radius 1 is 1.35 bits per heavy atom. The average molecular weight is 449 g/mol. The minimum absolute atomic E-state index is 0.202. The van der Waals surface area contributed by atoms with Gasteiger partial charge < -0.3 is 10.1 Å². The molecule has 2 aromatic rings. The second-order valence-electron chi connectivity index (χ2n) is 7.04. The van der Waals surface area contributed by atoms with Crippen LogP contribution in [0, 0.1) is 12.3 Å². The number of anilines is 1. The molecular formula is C19H21ClN6O5. The molecule has 0 unspecified atom stereocenters. The van der Waals surface area contributed by atoms with Crippen molar-refractivity contribution in [3.8, 4) is 11.3 Å². The van der Waals surface area contributed by atoms with Crippen molar-refractivity contribution in [3.63, 3.8) is 0 Å². The SMILES string of the molecule is COC(=O)Nc1cc(Cl)ccc1-c1cc(=O)n(CC(=O)NC2(C(=N)NO)CC2)c(C)n1. The molecule has 12 heteroatoms. The van der Waals surface area contributed by atoms with Crippen LogP contribution in [0.1, 0.15) is 18.7 Å².